The van der Waals surface area contributed by atoms with Gasteiger partial charge in [-0.1, -0.05) is 17.7 Å². The molecule has 3 N–H and O–H groups in total. The summed E-state index contributed by atoms with van der Waals surface area (Å²) in [6.07, 6.45) is 0. The number of aromatic nitrogens is 2. The summed E-state index contributed by atoms with van der Waals surface area (Å²) in [6.45, 7) is 0. The second-order valence-corrected chi connectivity index (χ2v) is 4.83. The number of nitrogen functional groups attached to an aromatic ring is 1. The molecule has 0 saturated heterocycles. The highest BCUT2D eigenvalue weighted by Gasteiger charge is 2.23. The van der Waals surface area contributed by atoms with Crippen molar-refractivity contribution in [2.45, 2.75) is 0 Å². The molecular formula is C12H13ClN6O2. The van der Waals surface area contributed by atoms with E-state index >= 15 is 0 Å². The van der Waals surface area contributed by atoms with Crippen LogP contribution in [0.4, 0.5) is 29.0 Å². The molecule has 2 aromatic rings. The van der Waals surface area contributed by atoms with Crippen LogP contribution in [0.3, 0.4) is 0 Å². The minimum Gasteiger partial charge on any atom is -0.378 e. The van der Waals surface area contributed by atoms with Crippen LogP contribution in [0.15, 0.2) is 24.3 Å². The molecule has 8 nitrogen and oxygen atoms in total. The smallest absolute Gasteiger partial charge is 0.353 e. The summed E-state index contributed by atoms with van der Waals surface area (Å²) in [5.41, 5.74) is 5.85. The Labute approximate surface area is 125 Å². The van der Waals surface area contributed by atoms with Crippen molar-refractivity contribution in [2.75, 3.05) is 30.0 Å². The Hall–Kier alpha value is -2.61. The Morgan fingerprint density at radius 3 is 2.67 bits per heavy atom. The molecule has 1 aromatic heterocycles. The fourth-order valence-corrected chi connectivity index (χ4v) is 1.82. The number of nitrogens with zero attached hydrogens (tertiary/aromatic N) is 4. The first-order valence-electron chi connectivity index (χ1n) is 5.90. The molecule has 0 unspecified atom stereocenters. The topological polar surface area (TPSA) is 110 Å². The molecule has 0 amide bonds. The molecule has 0 fully saturated rings. The van der Waals surface area contributed by atoms with Crippen LogP contribution in [0, 0.1) is 10.1 Å². The first-order valence-corrected chi connectivity index (χ1v) is 6.28. The number of hydrogen-bond donors (Lipinski definition) is 2. The van der Waals surface area contributed by atoms with Gasteiger partial charge in [-0.3, -0.25) is 10.1 Å². The third-order valence-electron chi connectivity index (χ3n) is 2.57. The van der Waals surface area contributed by atoms with E-state index in [1.165, 1.54) is 0 Å². The third kappa shape index (κ3) is 3.29. The summed E-state index contributed by atoms with van der Waals surface area (Å²) in [6, 6.07) is 6.75. The summed E-state index contributed by atoms with van der Waals surface area (Å²) in [7, 11) is 3.42. The zero-order valence-electron chi connectivity index (χ0n) is 11.4. The Kier molecular flexibility index (Phi) is 4.08. The fourth-order valence-electron chi connectivity index (χ4n) is 1.63. The van der Waals surface area contributed by atoms with Crippen LogP contribution in [0.2, 0.25) is 5.02 Å². The standard InChI is InChI=1S/C12H13ClN6O2/c1-18(2)12-16-10(14)9(19(20)21)11(17-12)15-8-5-3-4-7(13)6-8/h3-6H,1-2H3,(H3,14,15,16,17). The molecule has 2 rings (SSSR count). The monoisotopic (exact) mass is 308 g/mol. The molecule has 0 atom stereocenters. The van der Waals surface area contributed by atoms with E-state index < -0.39 is 4.92 Å². The van der Waals surface area contributed by atoms with Crippen molar-refractivity contribution in [1.29, 1.82) is 0 Å². The van der Waals surface area contributed by atoms with E-state index in [-0.39, 0.29) is 23.3 Å². The lowest BCUT2D eigenvalue weighted by atomic mass is 10.3. The summed E-state index contributed by atoms with van der Waals surface area (Å²) >= 11 is 5.89. The van der Waals surface area contributed by atoms with Crippen LogP contribution < -0.4 is 16.0 Å². The molecule has 110 valence electrons. The minimum absolute atomic E-state index is 0.0125. The van der Waals surface area contributed by atoms with Gasteiger partial charge in [-0.25, -0.2) is 0 Å². The molecule has 0 aliphatic rings. The van der Waals surface area contributed by atoms with Crippen molar-refractivity contribution < 1.29 is 4.92 Å². The molecule has 1 heterocycles. The second kappa shape index (κ2) is 5.80. The molecule has 0 bridgehead atoms. The van der Waals surface area contributed by atoms with Crippen LogP contribution in [-0.4, -0.2) is 29.0 Å². The summed E-state index contributed by atoms with van der Waals surface area (Å²) in [4.78, 5) is 20.1. The van der Waals surface area contributed by atoms with Gasteiger partial charge in [0, 0.05) is 24.8 Å². The van der Waals surface area contributed by atoms with E-state index in [1.54, 1.807) is 43.3 Å². The molecule has 9 heteroatoms. The maximum atomic E-state index is 11.1. The average molecular weight is 309 g/mol. The molecule has 1 aromatic carbocycles. The molecular weight excluding hydrogens is 296 g/mol. The molecule has 0 saturated carbocycles. The summed E-state index contributed by atoms with van der Waals surface area (Å²) in [5.74, 6) is 0.0734. The minimum atomic E-state index is -0.623. The Morgan fingerprint density at radius 2 is 2.10 bits per heavy atom. The number of halogens is 1. The number of hydrogen-bond acceptors (Lipinski definition) is 7. The molecule has 0 aliphatic heterocycles. The van der Waals surface area contributed by atoms with Gasteiger partial charge in [0.25, 0.3) is 0 Å². The zero-order valence-corrected chi connectivity index (χ0v) is 12.1. The Bertz CT molecular complexity index is 691. The number of rotatable bonds is 4. The third-order valence-corrected chi connectivity index (χ3v) is 2.80. The fraction of sp³-hybridized carbons (Fsp3) is 0.167. The number of nitrogens with two attached hydrogens (primary N) is 1. The van der Waals surface area contributed by atoms with Gasteiger partial charge in [0.2, 0.25) is 17.6 Å². The van der Waals surface area contributed by atoms with Crippen LogP contribution in [0.1, 0.15) is 0 Å². The quantitative estimate of drug-likeness (QED) is 0.659. The van der Waals surface area contributed by atoms with E-state index in [2.05, 4.69) is 15.3 Å². The Balaban J connectivity index is 2.51. The SMILES string of the molecule is CN(C)c1nc(N)c([N+](=O)[O-])c(Nc2cccc(Cl)c2)n1. The molecule has 0 spiro atoms. The Morgan fingerprint density at radius 1 is 1.38 bits per heavy atom. The highest BCUT2D eigenvalue weighted by Crippen LogP contribution is 2.32. The number of nitro groups is 1. The van der Waals surface area contributed by atoms with E-state index in [1.807, 2.05) is 0 Å². The van der Waals surface area contributed by atoms with Crippen LogP contribution >= 0.6 is 11.6 Å². The lowest BCUT2D eigenvalue weighted by Crippen LogP contribution is -2.16. The van der Waals surface area contributed by atoms with Crippen LogP contribution in [0.5, 0.6) is 0 Å². The van der Waals surface area contributed by atoms with E-state index in [0.29, 0.717) is 10.7 Å². The van der Waals surface area contributed by atoms with Crippen molar-refractivity contribution >= 4 is 40.6 Å². The van der Waals surface area contributed by atoms with Crippen LogP contribution in [0.25, 0.3) is 0 Å². The average Bonchev–Trinajstić information content (AvgIpc) is 2.37. The first kappa shape index (κ1) is 14.8. The normalized spacial score (nSPS) is 10.2. The highest BCUT2D eigenvalue weighted by molar-refractivity contribution is 6.30. The van der Waals surface area contributed by atoms with Gasteiger partial charge in [-0.05, 0) is 18.2 Å². The van der Waals surface area contributed by atoms with Crippen molar-refractivity contribution in [3.05, 3.63) is 39.4 Å². The van der Waals surface area contributed by atoms with Gasteiger partial charge in [0.15, 0.2) is 0 Å². The van der Waals surface area contributed by atoms with Gasteiger partial charge < -0.3 is 16.0 Å². The maximum Gasteiger partial charge on any atom is 0.353 e. The maximum absolute atomic E-state index is 11.1. The summed E-state index contributed by atoms with van der Waals surface area (Å²) in [5, 5.41) is 14.5. The van der Waals surface area contributed by atoms with Gasteiger partial charge in [0.05, 0.1) is 4.92 Å². The van der Waals surface area contributed by atoms with Gasteiger partial charge in [-0.2, -0.15) is 9.97 Å². The number of nitrogens with one attached hydrogen (secondary N) is 1. The molecule has 0 radical (unpaired) electrons. The zero-order chi connectivity index (χ0) is 15.6. The van der Waals surface area contributed by atoms with Gasteiger partial charge in [0.1, 0.15) is 0 Å². The highest BCUT2D eigenvalue weighted by atomic mass is 35.5. The number of anilines is 4. The van der Waals surface area contributed by atoms with E-state index in [4.69, 9.17) is 17.3 Å². The largest absolute Gasteiger partial charge is 0.378 e. The van der Waals surface area contributed by atoms with Gasteiger partial charge >= 0.3 is 5.69 Å². The summed E-state index contributed by atoms with van der Waals surface area (Å²) < 4.78 is 0. The first-order chi connectivity index (χ1) is 9.88. The van der Waals surface area contributed by atoms with E-state index in [0.717, 1.165) is 0 Å². The predicted molar refractivity (Wildman–Crippen MR) is 82.2 cm³/mol. The van der Waals surface area contributed by atoms with Gasteiger partial charge in [-0.15, -0.1) is 0 Å². The lowest BCUT2D eigenvalue weighted by molar-refractivity contribution is -0.383. The lowest BCUT2D eigenvalue weighted by Gasteiger charge is -2.13. The number of benzene rings is 1. The van der Waals surface area contributed by atoms with Crippen molar-refractivity contribution in [2.24, 2.45) is 0 Å². The van der Waals surface area contributed by atoms with Crippen molar-refractivity contribution in [1.82, 2.24) is 9.97 Å². The molecule has 0 aliphatic carbocycles. The van der Waals surface area contributed by atoms with Crippen molar-refractivity contribution in [3.8, 4) is 0 Å². The van der Waals surface area contributed by atoms with E-state index in [9.17, 15) is 10.1 Å². The predicted octanol–water partition coefficient (Wildman–Crippen LogP) is 2.43. The second-order valence-electron chi connectivity index (χ2n) is 4.39. The molecule has 21 heavy (non-hydrogen) atoms. The van der Waals surface area contributed by atoms with Crippen LogP contribution in [-0.2, 0) is 0 Å². The van der Waals surface area contributed by atoms with Crippen molar-refractivity contribution in [3.63, 3.8) is 0 Å².